The molecule has 1 aliphatic heterocycles. The van der Waals surface area contributed by atoms with Gasteiger partial charge in [0.2, 0.25) is 0 Å². The summed E-state index contributed by atoms with van der Waals surface area (Å²) < 4.78 is 5.52. The molecule has 4 atom stereocenters. The predicted molar refractivity (Wildman–Crippen MR) is 67.8 cm³/mol. The number of esters is 1. The van der Waals surface area contributed by atoms with E-state index in [1.54, 1.807) is 0 Å². The molecule has 0 aromatic carbocycles. The van der Waals surface area contributed by atoms with Crippen LogP contribution < -0.4 is 0 Å². The highest BCUT2D eigenvalue weighted by atomic mass is 16.6. The van der Waals surface area contributed by atoms with Gasteiger partial charge in [-0.05, 0) is 49.2 Å². The van der Waals surface area contributed by atoms with Gasteiger partial charge in [-0.15, -0.1) is 0 Å². The Hall–Kier alpha value is -1.09. The Bertz CT molecular complexity index is 462. The lowest BCUT2D eigenvalue weighted by Gasteiger charge is -2.46. The fraction of sp³-hybridized carbons (Fsp3) is 0.667. The lowest BCUT2D eigenvalue weighted by atomic mass is 9.59. The first-order chi connectivity index (χ1) is 8.44. The quantitative estimate of drug-likeness (QED) is 0.406. The smallest absolute Gasteiger partial charge is 0.334 e. The van der Waals surface area contributed by atoms with Crippen molar-refractivity contribution in [2.24, 2.45) is 11.3 Å². The third-order valence-electron chi connectivity index (χ3n) is 5.15. The number of aliphatic hydroxyl groups excluding tert-OH is 1. The predicted octanol–water partition coefficient (Wildman–Crippen LogP) is 2.36. The van der Waals surface area contributed by atoms with E-state index in [9.17, 15) is 9.90 Å². The first-order valence-corrected chi connectivity index (χ1v) is 6.73. The van der Waals surface area contributed by atoms with E-state index in [2.05, 4.69) is 13.5 Å². The first kappa shape index (κ1) is 12.0. The van der Waals surface area contributed by atoms with Gasteiger partial charge in [-0.3, -0.25) is 0 Å². The van der Waals surface area contributed by atoms with Crippen LogP contribution in [0.4, 0.5) is 0 Å². The molecule has 18 heavy (non-hydrogen) atoms. The van der Waals surface area contributed by atoms with Crippen LogP contribution in [-0.4, -0.2) is 23.3 Å². The Morgan fingerprint density at radius 2 is 2.06 bits per heavy atom. The van der Waals surface area contributed by atoms with Crippen molar-refractivity contribution in [3.05, 3.63) is 23.3 Å². The minimum atomic E-state index is -0.376. The van der Waals surface area contributed by atoms with Gasteiger partial charge in [0.25, 0.3) is 0 Å². The molecule has 0 unspecified atom stereocenters. The summed E-state index contributed by atoms with van der Waals surface area (Å²) in [5.41, 5.74) is 2.89. The number of hydrogen-bond acceptors (Lipinski definition) is 3. The second-order valence-corrected chi connectivity index (χ2v) is 6.21. The molecule has 0 aromatic heterocycles. The molecular formula is C15H20O3. The highest BCUT2D eigenvalue weighted by Gasteiger charge is 2.52. The van der Waals surface area contributed by atoms with E-state index in [4.69, 9.17) is 4.74 Å². The first-order valence-electron chi connectivity index (χ1n) is 6.73. The van der Waals surface area contributed by atoms with Crippen molar-refractivity contribution in [2.75, 3.05) is 0 Å². The van der Waals surface area contributed by atoms with Crippen LogP contribution in [0.3, 0.4) is 0 Å². The van der Waals surface area contributed by atoms with E-state index >= 15 is 0 Å². The summed E-state index contributed by atoms with van der Waals surface area (Å²) in [6, 6.07) is 0. The Balaban J connectivity index is 2.08. The highest BCUT2D eigenvalue weighted by molar-refractivity contribution is 5.91. The van der Waals surface area contributed by atoms with E-state index in [0.717, 1.165) is 31.3 Å². The van der Waals surface area contributed by atoms with Crippen molar-refractivity contribution in [3.63, 3.8) is 0 Å². The number of hydrogen-bond donors (Lipinski definition) is 1. The van der Waals surface area contributed by atoms with Crippen LogP contribution in [0.2, 0.25) is 0 Å². The number of fused-ring (bicyclic) bond motifs is 3. The van der Waals surface area contributed by atoms with Gasteiger partial charge in [0, 0.05) is 11.5 Å². The van der Waals surface area contributed by atoms with Crippen molar-refractivity contribution in [1.29, 1.82) is 0 Å². The topological polar surface area (TPSA) is 46.5 Å². The van der Waals surface area contributed by atoms with Crippen molar-refractivity contribution >= 4 is 5.97 Å². The van der Waals surface area contributed by atoms with Gasteiger partial charge in [-0.25, -0.2) is 4.79 Å². The molecule has 1 saturated carbocycles. The fourth-order valence-corrected chi connectivity index (χ4v) is 3.96. The number of carbonyl (C=O) groups is 1. The largest absolute Gasteiger partial charge is 0.454 e. The Morgan fingerprint density at radius 3 is 2.78 bits per heavy atom. The number of carbonyl (C=O) groups excluding carboxylic acids is 1. The second-order valence-electron chi connectivity index (χ2n) is 6.21. The normalized spacial score (nSPS) is 43.6. The van der Waals surface area contributed by atoms with E-state index in [1.165, 1.54) is 5.57 Å². The molecule has 1 saturated heterocycles. The maximum absolute atomic E-state index is 11.7. The van der Waals surface area contributed by atoms with Crippen LogP contribution in [-0.2, 0) is 9.53 Å². The van der Waals surface area contributed by atoms with Crippen LogP contribution in [0.25, 0.3) is 0 Å². The summed E-state index contributed by atoms with van der Waals surface area (Å²) in [7, 11) is 0. The van der Waals surface area contributed by atoms with E-state index in [0.29, 0.717) is 5.57 Å². The Labute approximate surface area is 108 Å². The van der Waals surface area contributed by atoms with Gasteiger partial charge < -0.3 is 9.84 Å². The van der Waals surface area contributed by atoms with Crippen LogP contribution in [0.1, 0.15) is 39.5 Å². The standard InChI is InChI=1S/C15H20O3/c1-8-10-4-6-15(3)7-5-11(16)9(2)12(15)13(10)18-14(8)17/h10-11,13,16H,1,4-7H2,2-3H3/t10-,11-,13-,15-/m0/s1. The molecule has 98 valence electrons. The monoisotopic (exact) mass is 248 g/mol. The van der Waals surface area contributed by atoms with E-state index in [-0.39, 0.29) is 29.5 Å². The summed E-state index contributed by atoms with van der Waals surface area (Å²) in [6.07, 6.45) is 3.28. The van der Waals surface area contributed by atoms with Crippen LogP contribution in [0, 0.1) is 11.3 Å². The summed E-state index contributed by atoms with van der Waals surface area (Å²) in [6.45, 7) is 8.08. The highest BCUT2D eigenvalue weighted by Crippen LogP contribution is 2.55. The number of rotatable bonds is 0. The zero-order valence-electron chi connectivity index (χ0n) is 11.0. The molecule has 0 aromatic rings. The van der Waals surface area contributed by atoms with Crippen molar-refractivity contribution in [3.8, 4) is 0 Å². The van der Waals surface area contributed by atoms with Gasteiger partial charge in [0.05, 0.1) is 6.10 Å². The minimum Gasteiger partial charge on any atom is -0.454 e. The Morgan fingerprint density at radius 1 is 1.39 bits per heavy atom. The minimum absolute atomic E-state index is 0.0926. The van der Waals surface area contributed by atoms with Gasteiger partial charge in [-0.2, -0.15) is 0 Å². The Kier molecular flexibility index (Phi) is 2.46. The zero-order chi connectivity index (χ0) is 13.1. The summed E-state index contributed by atoms with van der Waals surface area (Å²) >= 11 is 0. The van der Waals surface area contributed by atoms with Crippen LogP contribution in [0.15, 0.2) is 23.3 Å². The molecule has 3 aliphatic rings. The molecule has 3 nitrogen and oxygen atoms in total. The molecule has 0 bridgehead atoms. The SMILES string of the molecule is C=C1C(=O)O[C@@H]2C3=C(C)[C@@H](O)CC[C@]3(C)CC[C@@H]12. The summed E-state index contributed by atoms with van der Waals surface area (Å²) in [5.74, 6) is -0.129. The average molecular weight is 248 g/mol. The molecular weight excluding hydrogens is 228 g/mol. The molecule has 1 N–H and O–H groups in total. The van der Waals surface area contributed by atoms with Gasteiger partial charge in [0.1, 0.15) is 6.10 Å². The van der Waals surface area contributed by atoms with Crippen LogP contribution in [0.5, 0.6) is 0 Å². The molecule has 1 heterocycles. The van der Waals surface area contributed by atoms with Crippen molar-refractivity contribution < 1.29 is 14.6 Å². The van der Waals surface area contributed by atoms with Crippen LogP contribution >= 0.6 is 0 Å². The number of aliphatic hydroxyl groups is 1. The zero-order valence-corrected chi connectivity index (χ0v) is 11.0. The van der Waals surface area contributed by atoms with Gasteiger partial charge >= 0.3 is 5.97 Å². The van der Waals surface area contributed by atoms with E-state index in [1.807, 2.05) is 6.92 Å². The molecule has 0 spiro atoms. The maximum Gasteiger partial charge on any atom is 0.334 e. The second kappa shape index (κ2) is 3.70. The average Bonchev–Trinajstić information content (AvgIpc) is 2.60. The molecule has 0 radical (unpaired) electrons. The molecule has 2 aliphatic carbocycles. The van der Waals surface area contributed by atoms with Crippen molar-refractivity contribution in [2.45, 2.75) is 51.7 Å². The fourth-order valence-electron chi connectivity index (χ4n) is 3.96. The third kappa shape index (κ3) is 1.43. The molecule has 0 amide bonds. The molecule has 3 rings (SSSR count). The van der Waals surface area contributed by atoms with Crippen molar-refractivity contribution in [1.82, 2.24) is 0 Å². The summed E-state index contributed by atoms with van der Waals surface area (Å²) in [5, 5.41) is 10.1. The van der Waals surface area contributed by atoms with Gasteiger partial charge in [0.15, 0.2) is 0 Å². The van der Waals surface area contributed by atoms with Gasteiger partial charge in [-0.1, -0.05) is 13.5 Å². The lowest BCUT2D eigenvalue weighted by molar-refractivity contribution is -0.138. The van der Waals surface area contributed by atoms with E-state index < -0.39 is 0 Å². The summed E-state index contributed by atoms with van der Waals surface area (Å²) in [4.78, 5) is 11.7. The third-order valence-corrected chi connectivity index (χ3v) is 5.15. The molecule has 3 heteroatoms. The lowest BCUT2D eigenvalue weighted by Crippen LogP contribution is -2.42. The molecule has 2 fully saturated rings. The number of ether oxygens (including phenoxy) is 1. The maximum atomic E-state index is 11.7.